The Kier molecular flexibility index (Phi) is 4.36. The lowest BCUT2D eigenvalue weighted by molar-refractivity contribution is 0.590. The van der Waals surface area contributed by atoms with Gasteiger partial charge in [0.05, 0.1) is 5.69 Å². The van der Waals surface area contributed by atoms with Gasteiger partial charge in [-0.05, 0) is 25.5 Å². The lowest BCUT2D eigenvalue weighted by atomic mass is 9.93. The molecule has 1 atom stereocenters. The molecular weight excluding hydrogens is 278 g/mol. The molecule has 110 valence electrons. The number of benzene rings is 1. The molecule has 2 aromatic heterocycles. The molecule has 3 nitrogen and oxygen atoms in total. The van der Waals surface area contributed by atoms with E-state index in [1.165, 1.54) is 16.8 Å². The second kappa shape index (κ2) is 6.41. The lowest BCUT2D eigenvalue weighted by Gasteiger charge is -2.17. The van der Waals surface area contributed by atoms with Crippen molar-refractivity contribution < 1.29 is 0 Å². The topological polar surface area (TPSA) is 29.3 Å². The van der Waals surface area contributed by atoms with Gasteiger partial charge in [-0.25, -0.2) is 4.98 Å². The molecule has 21 heavy (non-hydrogen) atoms. The van der Waals surface area contributed by atoms with Crippen molar-refractivity contribution in [3.63, 3.8) is 0 Å². The largest absolute Gasteiger partial charge is 0.316 e. The Labute approximate surface area is 129 Å². The number of hydrogen-bond donors (Lipinski definition) is 1. The molecule has 0 aliphatic rings. The summed E-state index contributed by atoms with van der Waals surface area (Å²) in [4.78, 5) is 5.80. The van der Waals surface area contributed by atoms with Gasteiger partial charge in [-0.3, -0.25) is 4.40 Å². The van der Waals surface area contributed by atoms with E-state index >= 15 is 0 Å². The maximum atomic E-state index is 4.72. The van der Waals surface area contributed by atoms with Gasteiger partial charge in [0.15, 0.2) is 4.96 Å². The van der Waals surface area contributed by atoms with Gasteiger partial charge >= 0.3 is 0 Å². The first-order valence-electron chi connectivity index (χ1n) is 7.44. The highest BCUT2D eigenvalue weighted by atomic mass is 32.1. The zero-order chi connectivity index (χ0) is 14.7. The zero-order valence-corrected chi connectivity index (χ0v) is 13.4. The Balaban J connectivity index is 1.81. The van der Waals surface area contributed by atoms with Crippen LogP contribution < -0.4 is 5.32 Å². The number of nitrogens with one attached hydrogen (secondary N) is 1. The number of thiazole rings is 1. The fourth-order valence-electron chi connectivity index (χ4n) is 2.59. The summed E-state index contributed by atoms with van der Waals surface area (Å²) in [6.07, 6.45) is 5.20. The normalized spacial score (nSPS) is 12.9. The average Bonchev–Trinajstić information content (AvgIpc) is 3.05. The van der Waals surface area contributed by atoms with E-state index in [1.54, 1.807) is 11.3 Å². The second-order valence-electron chi connectivity index (χ2n) is 5.44. The highest BCUT2D eigenvalue weighted by molar-refractivity contribution is 7.15. The fraction of sp³-hybridized carbons (Fsp3) is 0.353. The summed E-state index contributed by atoms with van der Waals surface area (Å²) >= 11 is 1.69. The molecule has 0 saturated carbocycles. The Morgan fingerprint density at radius 2 is 2.10 bits per heavy atom. The average molecular weight is 299 g/mol. The Morgan fingerprint density at radius 3 is 2.81 bits per heavy atom. The molecule has 1 aromatic carbocycles. The van der Waals surface area contributed by atoms with E-state index in [4.69, 9.17) is 4.98 Å². The minimum Gasteiger partial charge on any atom is -0.316 e. The Morgan fingerprint density at radius 1 is 1.29 bits per heavy atom. The molecule has 0 bridgehead atoms. The van der Waals surface area contributed by atoms with E-state index in [-0.39, 0.29) is 0 Å². The number of fused-ring (bicyclic) bond motifs is 1. The maximum Gasteiger partial charge on any atom is 0.193 e. The van der Waals surface area contributed by atoms with Gasteiger partial charge in [-0.2, -0.15) is 0 Å². The summed E-state index contributed by atoms with van der Waals surface area (Å²) in [6, 6.07) is 8.88. The quantitative estimate of drug-likeness (QED) is 0.753. The second-order valence-corrected chi connectivity index (χ2v) is 6.32. The van der Waals surface area contributed by atoms with Crippen molar-refractivity contribution in [1.82, 2.24) is 14.7 Å². The molecule has 0 aliphatic heterocycles. The van der Waals surface area contributed by atoms with Gasteiger partial charge in [0, 0.05) is 30.2 Å². The first-order chi connectivity index (χ1) is 10.3. The molecule has 1 unspecified atom stereocenters. The predicted molar refractivity (Wildman–Crippen MR) is 89.2 cm³/mol. The van der Waals surface area contributed by atoms with Crippen LogP contribution in [0.3, 0.4) is 0 Å². The molecule has 0 amide bonds. The van der Waals surface area contributed by atoms with Crippen LogP contribution in [0.1, 0.15) is 29.7 Å². The van der Waals surface area contributed by atoms with Crippen molar-refractivity contribution in [2.45, 2.75) is 26.2 Å². The van der Waals surface area contributed by atoms with Gasteiger partial charge in [-0.1, -0.05) is 36.8 Å². The third kappa shape index (κ3) is 3.34. The fourth-order valence-corrected chi connectivity index (χ4v) is 3.31. The molecular formula is C17H21N3S. The van der Waals surface area contributed by atoms with Crippen LogP contribution in [0.15, 0.2) is 42.0 Å². The van der Waals surface area contributed by atoms with Crippen LogP contribution in [0.2, 0.25) is 0 Å². The summed E-state index contributed by atoms with van der Waals surface area (Å²) in [7, 11) is 0. The number of aryl methyl sites for hydroxylation is 1. The van der Waals surface area contributed by atoms with Crippen molar-refractivity contribution in [3.8, 4) is 0 Å². The van der Waals surface area contributed by atoms with E-state index in [1.807, 2.05) is 0 Å². The number of nitrogens with zero attached hydrogens (tertiary/aromatic N) is 2. The van der Waals surface area contributed by atoms with E-state index < -0.39 is 0 Å². The van der Waals surface area contributed by atoms with Crippen LogP contribution in [-0.4, -0.2) is 22.5 Å². The molecule has 2 heterocycles. The maximum absolute atomic E-state index is 4.72. The molecule has 3 rings (SSSR count). The molecule has 4 heteroatoms. The van der Waals surface area contributed by atoms with Gasteiger partial charge in [0.25, 0.3) is 0 Å². The van der Waals surface area contributed by atoms with Gasteiger partial charge in [0.1, 0.15) is 0 Å². The Hall–Kier alpha value is -1.65. The van der Waals surface area contributed by atoms with Crippen molar-refractivity contribution in [2.24, 2.45) is 0 Å². The predicted octanol–water partition coefficient (Wildman–Crippen LogP) is 3.64. The van der Waals surface area contributed by atoms with Crippen LogP contribution in [-0.2, 0) is 6.42 Å². The van der Waals surface area contributed by atoms with Crippen LogP contribution in [0.4, 0.5) is 0 Å². The standard InChI is InChI=1S/C17H21N3S/c1-3-18-11-15(14-6-4-13(2)5-7-14)10-16-12-20-8-9-21-17(20)19-16/h4-9,12,15,18H,3,10-11H2,1-2H3. The molecule has 0 radical (unpaired) electrons. The monoisotopic (exact) mass is 299 g/mol. The molecule has 0 aliphatic carbocycles. The lowest BCUT2D eigenvalue weighted by Crippen LogP contribution is -2.22. The SMILES string of the molecule is CCNCC(Cc1cn2ccsc2n1)c1ccc(C)cc1. The number of rotatable bonds is 6. The third-order valence-corrected chi connectivity index (χ3v) is 4.56. The number of imidazole rings is 1. The van der Waals surface area contributed by atoms with E-state index in [9.17, 15) is 0 Å². The van der Waals surface area contributed by atoms with Gasteiger partial charge < -0.3 is 5.32 Å². The van der Waals surface area contributed by atoms with Crippen LogP contribution >= 0.6 is 11.3 Å². The number of hydrogen-bond acceptors (Lipinski definition) is 3. The highest BCUT2D eigenvalue weighted by Crippen LogP contribution is 2.22. The first-order valence-corrected chi connectivity index (χ1v) is 8.32. The summed E-state index contributed by atoms with van der Waals surface area (Å²) in [5.41, 5.74) is 3.87. The molecule has 3 aromatic rings. The van der Waals surface area contributed by atoms with Crippen molar-refractivity contribution in [1.29, 1.82) is 0 Å². The molecule has 0 saturated heterocycles. The summed E-state index contributed by atoms with van der Waals surface area (Å²) < 4.78 is 2.11. The summed E-state index contributed by atoms with van der Waals surface area (Å²) in [6.45, 7) is 6.27. The van der Waals surface area contributed by atoms with Crippen molar-refractivity contribution >= 4 is 16.3 Å². The van der Waals surface area contributed by atoms with Gasteiger partial charge in [-0.15, -0.1) is 11.3 Å². The first kappa shape index (κ1) is 14.3. The number of likely N-dealkylation sites (N-methyl/N-ethyl adjacent to an activating group) is 1. The number of aromatic nitrogens is 2. The summed E-state index contributed by atoms with van der Waals surface area (Å²) in [5.74, 6) is 0.468. The van der Waals surface area contributed by atoms with Crippen LogP contribution in [0.25, 0.3) is 4.96 Å². The van der Waals surface area contributed by atoms with Crippen molar-refractivity contribution in [3.05, 3.63) is 58.9 Å². The van der Waals surface area contributed by atoms with Crippen LogP contribution in [0, 0.1) is 6.92 Å². The van der Waals surface area contributed by atoms with E-state index in [0.717, 1.165) is 24.5 Å². The minimum atomic E-state index is 0.468. The zero-order valence-electron chi connectivity index (χ0n) is 12.5. The minimum absolute atomic E-state index is 0.468. The van der Waals surface area contributed by atoms with E-state index in [2.05, 4.69) is 65.6 Å². The van der Waals surface area contributed by atoms with Crippen molar-refractivity contribution in [2.75, 3.05) is 13.1 Å². The smallest absolute Gasteiger partial charge is 0.193 e. The van der Waals surface area contributed by atoms with Gasteiger partial charge in [0.2, 0.25) is 0 Å². The summed E-state index contributed by atoms with van der Waals surface area (Å²) in [5, 5.41) is 5.55. The molecule has 1 N–H and O–H groups in total. The van der Waals surface area contributed by atoms with E-state index in [0.29, 0.717) is 5.92 Å². The third-order valence-electron chi connectivity index (χ3n) is 3.79. The molecule has 0 spiro atoms. The Bertz CT molecular complexity index is 668. The van der Waals surface area contributed by atoms with Crippen LogP contribution in [0.5, 0.6) is 0 Å². The molecule has 0 fully saturated rings. The highest BCUT2D eigenvalue weighted by Gasteiger charge is 2.14.